The number of hydrogen-bond acceptors (Lipinski definition) is 6. The zero-order valence-corrected chi connectivity index (χ0v) is 11.9. The molecule has 18 heavy (non-hydrogen) atoms. The topological polar surface area (TPSA) is 61.5 Å². The number of rotatable bonds is 3. The van der Waals surface area contributed by atoms with E-state index in [1.807, 2.05) is 18.4 Å². The van der Waals surface area contributed by atoms with Crippen LogP contribution in [0.5, 0.6) is 5.75 Å². The lowest BCUT2D eigenvalue weighted by atomic mass is 10.2. The Kier molecular flexibility index (Phi) is 3.58. The molecule has 0 aliphatic heterocycles. The van der Waals surface area contributed by atoms with Crippen LogP contribution in [-0.4, -0.2) is 20.2 Å². The summed E-state index contributed by atoms with van der Waals surface area (Å²) >= 11 is 2.90. The summed E-state index contributed by atoms with van der Waals surface area (Å²) in [5.41, 5.74) is 7.32. The summed E-state index contributed by atoms with van der Waals surface area (Å²) < 4.78 is 10.0. The van der Waals surface area contributed by atoms with Crippen molar-refractivity contribution in [2.75, 3.05) is 20.0 Å². The maximum atomic E-state index is 11.6. The molecule has 0 amide bonds. The van der Waals surface area contributed by atoms with E-state index in [9.17, 15) is 4.79 Å². The summed E-state index contributed by atoms with van der Waals surface area (Å²) in [6, 6.07) is 1.90. The van der Waals surface area contributed by atoms with Gasteiger partial charge in [0, 0.05) is 0 Å². The van der Waals surface area contributed by atoms with Gasteiger partial charge in [0.15, 0.2) is 0 Å². The van der Waals surface area contributed by atoms with Gasteiger partial charge in [-0.15, -0.1) is 22.7 Å². The van der Waals surface area contributed by atoms with Crippen molar-refractivity contribution in [3.8, 4) is 15.5 Å². The third-order valence-corrected chi connectivity index (χ3v) is 4.97. The highest BCUT2D eigenvalue weighted by Gasteiger charge is 2.22. The van der Waals surface area contributed by atoms with Crippen molar-refractivity contribution in [1.82, 2.24) is 0 Å². The van der Waals surface area contributed by atoms with Crippen molar-refractivity contribution in [2.45, 2.75) is 6.92 Å². The molecule has 2 rings (SSSR count). The summed E-state index contributed by atoms with van der Waals surface area (Å²) in [5, 5.41) is 1.95. The molecule has 2 aromatic heterocycles. The lowest BCUT2D eigenvalue weighted by molar-refractivity contribution is 0.0607. The molecule has 0 atom stereocenters. The highest BCUT2D eigenvalue weighted by molar-refractivity contribution is 7.23. The molecule has 2 aromatic rings. The van der Waals surface area contributed by atoms with E-state index in [0.717, 1.165) is 21.1 Å². The Labute approximate surface area is 113 Å². The molecule has 0 unspecified atom stereocenters. The number of methoxy groups -OCH3 is 2. The van der Waals surface area contributed by atoms with Crippen LogP contribution in [0.15, 0.2) is 11.4 Å². The maximum absolute atomic E-state index is 11.6. The normalized spacial score (nSPS) is 10.4. The third kappa shape index (κ3) is 1.97. The third-order valence-electron chi connectivity index (χ3n) is 2.62. The van der Waals surface area contributed by atoms with E-state index in [4.69, 9.17) is 15.2 Å². The second kappa shape index (κ2) is 4.99. The largest absolute Gasteiger partial charge is 0.495 e. The fourth-order valence-corrected chi connectivity index (χ4v) is 3.83. The minimum atomic E-state index is -0.401. The minimum absolute atomic E-state index is 0.401. The number of esters is 1. The Morgan fingerprint density at radius 2 is 2.06 bits per heavy atom. The van der Waals surface area contributed by atoms with Crippen LogP contribution < -0.4 is 10.5 Å². The van der Waals surface area contributed by atoms with Gasteiger partial charge in [-0.25, -0.2) is 4.79 Å². The standard InChI is InChI=1S/C12H13NO3S2/c1-6-8(13)11(12(14)16-3)18-9(6)10-7(15-2)4-5-17-10/h4-5H,13H2,1-3H3. The van der Waals surface area contributed by atoms with E-state index in [0.29, 0.717) is 10.6 Å². The van der Waals surface area contributed by atoms with Gasteiger partial charge in [-0.3, -0.25) is 0 Å². The van der Waals surface area contributed by atoms with Crippen LogP contribution in [0.25, 0.3) is 9.75 Å². The van der Waals surface area contributed by atoms with E-state index >= 15 is 0 Å². The van der Waals surface area contributed by atoms with Gasteiger partial charge in [-0.1, -0.05) is 0 Å². The van der Waals surface area contributed by atoms with E-state index in [-0.39, 0.29) is 0 Å². The number of ether oxygens (including phenoxy) is 2. The molecule has 6 heteroatoms. The maximum Gasteiger partial charge on any atom is 0.350 e. The number of nitrogens with two attached hydrogens (primary N) is 1. The van der Waals surface area contributed by atoms with Gasteiger partial charge in [-0.2, -0.15) is 0 Å². The lowest BCUT2D eigenvalue weighted by Gasteiger charge is -2.01. The fourth-order valence-electron chi connectivity index (χ4n) is 1.61. The zero-order chi connectivity index (χ0) is 13.3. The van der Waals surface area contributed by atoms with Crippen LogP contribution in [0.2, 0.25) is 0 Å². The first-order chi connectivity index (χ1) is 8.60. The SMILES string of the molecule is COC(=O)c1sc(-c2sccc2OC)c(C)c1N. The molecule has 0 aliphatic carbocycles. The Morgan fingerprint density at radius 1 is 1.33 bits per heavy atom. The fraction of sp³-hybridized carbons (Fsp3) is 0.250. The molecule has 0 bridgehead atoms. The molecular weight excluding hydrogens is 270 g/mol. The number of carbonyl (C=O) groups excluding carboxylic acids is 1. The Balaban J connectivity index is 2.56. The van der Waals surface area contributed by atoms with Crippen LogP contribution >= 0.6 is 22.7 Å². The second-order valence-corrected chi connectivity index (χ2v) is 5.55. The van der Waals surface area contributed by atoms with Gasteiger partial charge in [0.1, 0.15) is 10.6 Å². The average Bonchev–Trinajstić information content (AvgIpc) is 2.95. The average molecular weight is 283 g/mol. The highest BCUT2D eigenvalue weighted by Crippen LogP contribution is 2.44. The van der Waals surface area contributed by atoms with Crippen LogP contribution in [0.3, 0.4) is 0 Å². The van der Waals surface area contributed by atoms with Crippen molar-refractivity contribution in [3.63, 3.8) is 0 Å². The van der Waals surface area contributed by atoms with Crippen molar-refractivity contribution in [1.29, 1.82) is 0 Å². The zero-order valence-electron chi connectivity index (χ0n) is 10.3. The number of anilines is 1. The predicted octanol–water partition coefficient (Wildman–Crippen LogP) is 3.16. The predicted molar refractivity (Wildman–Crippen MR) is 74.7 cm³/mol. The molecule has 2 heterocycles. The molecule has 0 saturated heterocycles. The van der Waals surface area contributed by atoms with Crippen molar-refractivity contribution in [2.24, 2.45) is 0 Å². The van der Waals surface area contributed by atoms with E-state index in [1.54, 1.807) is 18.4 Å². The van der Waals surface area contributed by atoms with E-state index in [1.165, 1.54) is 18.4 Å². The van der Waals surface area contributed by atoms with E-state index < -0.39 is 5.97 Å². The molecule has 0 aliphatic rings. The molecule has 2 N–H and O–H groups in total. The van der Waals surface area contributed by atoms with Crippen LogP contribution in [0.4, 0.5) is 5.69 Å². The Hall–Kier alpha value is -1.53. The van der Waals surface area contributed by atoms with Gasteiger partial charge >= 0.3 is 5.97 Å². The number of carbonyl (C=O) groups is 1. The first kappa shape index (κ1) is 12.9. The molecule has 0 saturated carbocycles. The molecule has 0 radical (unpaired) electrons. The van der Waals surface area contributed by atoms with Gasteiger partial charge in [0.2, 0.25) is 0 Å². The van der Waals surface area contributed by atoms with Gasteiger partial charge < -0.3 is 15.2 Å². The smallest absolute Gasteiger partial charge is 0.350 e. The molecular formula is C12H13NO3S2. The van der Waals surface area contributed by atoms with Crippen LogP contribution in [-0.2, 0) is 4.74 Å². The van der Waals surface area contributed by atoms with Gasteiger partial charge in [0.05, 0.1) is 29.7 Å². The summed E-state index contributed by atoms with van der Waals surface area (Å²) in [4.78, 5) is 14.0. The minimum Gasteiger partial charge on any atom is -0.495 e. The first-order valence-corrected chi connectivity index (χ1v) is 6.88. The lowest BCUT2D eigenvalue weighted by Crippen LogP contribution is -2.01. The van der Waals surface area contributed by atoms with Crippen molar-refractivity contribution >= 4 is 34.3 Å². The summed E-state index contributed by atoms with van der Waals surface area (Å²) in [5.74, 6) is 0.392. The quantitative estimate of drug-likeness (QED) is 0.879. The number of thiophene rings is 2. The van der Waals surface area contributed by atoms with E-state index in [2.05, 4.69) is 0 Å². The molecule has 96 valence electrons. The van der Waals surface area contributed by atoms with Gasteiger partial charge in [-0.05, 0) is 23.9 Å². The second-order valence-electron chi connectivity index (χ2n) is 3.61. The summed E-state index contributed by atoms with van der Waals surface area (Å²) in [6.45, 7) is 1.90. The molecule has 0 fully saturated rings. The van der Waals surface area contributed by atoms with Crippen LogP contribution in [0.1, 0.15) is 15.2 Å². The Bertz CT molecular complexity index is 586. The summed E-state index contributed by atoms with van der Waals surface area (Å²) in [7, 11) is 2.97. The summed E-state index contributed by atoms with van der Waals surface area (Å²) in [6.07, 6.45) is 0. The van der Waals surface area contributed by atoms with Gasteiger partial charge in [0.25, 0.3) is 0 Å². The molecule has 0 spiro atoms. The number of hydrogen-bond donors (Lipinski definition) is 1. The van der Waals surface area contributed by atoms with Crippen LogP contribution in [0, 0.1) is 6.92 Å². The first-order valence-electron chi connectivity index (χ1n) is 5.19. The Morgan fingerprint density at radius 3 is 2.67 bits per heavy atom. The monoisotopic (exact) mass is 283 g/mol. The van der Waals surface area contributed by atoms with Crippen molar-refractivity contribution in [3.05, 3.63) is 21.9 Å². The molecule has 4 nitrogen and oxygen atoms in total. The molecule has 0 aromatic carbocycles. The highest BCUT2D eigenvalue weighted by atomic mass is 32.1. The number of nitrogen functional groups attached to an aromatic ring is 1. The van der Waals surface area contributed by atoms with Crippen molar-refractivity contribution < 1.29 is 14.3 Å².